The summed E-state index contributed by atoms with van der Waals surface area (Å²) in [6.45, 7) is 3.60. The average Bonchev–Trinajstić information content (AvgIpc) is 2.28. The van der Waals surface area contributed by atoms with Crippen LogP contribution in [0, 0.1) is 0 Å². The largest absolute Gasteiger partial charge is 0.343 e. The van der Waals surface area contributed by atoms with E-state index in [1.807, 2.05) is 6.92 Å². The highest BCUT2D eigenvalue weighted by atomic mass is 16.2. The van der Waals surface area contributed by atoms with Crippen molar-refractivity contribution in [2.24, 2.45) is 0 Å². The van der Waals surface area contributed by atoms with Crippen LogP contribution in [0.2, 0.25) is 0 Å². The molecule has 1 atom stereocenters. The molecule has 1 rings (SSSR count). The molecular weight excluding hydrogens is 192 g/mol. The van der Waals surface area contributed by atoms with Crippen LogP contribution < -0.4 is 5.32 Å². The van der Waals surface area contributed by atoms with Crippen molar-refractivity contribution in [2.45, 2.75) is 26.3 Å². The highest BCUT2D eigenvalue weighted by Gasteiger charge is 2.08. The van der Waals surface area contributed by atoms with Gasteiger partial charge in [0.05, 0.1) is 6.04 Å². The topological polar surface area (TPSA) is 59.1 Å². The number of aldehydes is 1. The van der Waals surface area contributed by atoms with Gasteiger partial charge < -0.3 is 10.1 Å². The Kier molecular flexibility index (Phi) is 3.97. The number of nitrogens with one attached hydrogen (secondary N) is 1. The Hall–Kier alpha value is -1.71. The van der Waals surface area contributed by atoms with Crippen molar-refractivity contribution >= 4 is 12.2 Å². The fourth-order valence-electron chi connectivity index (χ4n) is 1.14. The molecule has 0 aliphatic rings. The molecule has 1 amide bonds. The zero-order valence-corrected chi connectivity index (χ0v) is 8.86. The normalized spacial score (nSPS) is 11.9. The molecule has 1 heterocycles. The first kappa shape index (κ1) is 11.4. The van der Waals surface area contributed by atoms with Gasteiger partial charge in [-0.3, -0.25) is 9.78 Å². The summed E-state index contributed by atoms with van der Waals surface area (Å²) in [5.41, 5.74) is 1.40. The Bertz CT molecular complexity index is 363. The number of aryl methyl sites for hydroxylation is 1. The van der Waals surface area contributed by atoms with E-state index in [-0.39, 0.29) is 5.91 Å². The lowest BCUT2D eigenvalue weighted by atomic mass is 10.2. The lowest BCUT2D eigenvalue weighted by Crippen LogP contribution is -2.33. The molecule has 0 bridgehead atoms. The monoisotopic (exact) mass is 206 g/mol. The number of rotatable bonds is 4. The second kappa shape index (κ2) is 5.24. The van der Waals surface area contributed by atoms with Crippen molar-refractivity contribution < 1.29 is 9.59 Å². The van der Waals surface area contributed by atoms with Crippen LogP contribution in [0.5, 0.6) is 0 Å². The van der Waals surface area contributed by atoms with Gasteiger partial charge in [0.2, 0.25) is 0 Å². The number of carbonyl (C=O) groups excluding carboxylic acids is 2. The zero-order valence-electron chi connectivity index (χ0n) is 8.86. The number of hydrogen-bond donors (Lipinski definition) is 1. The van der Waals surface area contributed by atoms with E-state index in [0.29, 0.717) is 11.8 Å². The third kappa shape index (κ3) is 3.16. The molecule has 0 aromatic carbocycles. The molecule has 0 saturated carbocycles. The molecule has 1 aromatic heterocycles. The number of carbonyl (C=O) groups is 2. The van der Waals surface area contributed by atoms with Crippen LogP contribution in [-0.2, 0) is 11.2 Å². The molecule has 80 valence electrons. The van der Waals surface area contributed by atoms with E-state index in [2.05, 4.69) is 10.3 Å². The maximum atomic E-state index is 11.6. The van der Waals surface area contributed by atoms with Crippen LogP contribution in [-0.4, -0.2) is 23.2 Å². The van der Waals surface area contributed by atoms with Crippen LogP contribution in [0.25, 0.3) is 0 Å². The zero-order chi connectivity index (χ0) is 11.3. The maximum Gasteiger partial charge on any atom is 0.251 e. The van der Waals surface area contributed by atoms with Crippen molar-refractivity contribution in [3.05, 3.63) is 29.6 Å². The summed E-state index contributed by atoms with van der Waals surface area (Å²) in [7, 11) is 0. The molecule has 0 unspecified atom stereocenters. The van der Waals surface area contributed by atoms with Crippen LogP contribution in [0.15, 0.2) is 18.3 Å². The minimum absolute atomic E-state index is 0.244. The van der Waals surface area contributed by atoms with Gasteiger partial charge in [-0.1, -0.05) is 6.92 Å². The molecule has 0 spiro atoms. The van der Waals surface area contributed by atoms with E-state index in [0.717, 1.165) is 12.1 Å². The van der Waals surface area contributed by atoms with E-state index < -0.39 is 6.04 Å². The van der Waals surface area contributed by atoms with Gasteiger partial charge in [-0.25, -0.2) is 0 Å². The van der Waals surface area contributed by atoms with Gasteiger partial charge in [-0.15, -0.1) is 0 Å². The first-order chi connectivity index (χ1) is 7.17. The van der Waals surface area contributed by atoms with Crippen molar-refractivity contribution in [3.8, 4) is 0 Å². The highest BCUT2D eigenvalue weighted by molar-refractivity contribution is 5.95. The van der Waals surface area contributed by atoms with E-state index in [9.17, 15) is 9.59 Å². The van der Waals surface area contributed by atoms with Gasteiger partial charge in [0.1, 0.15) is 6.29 Å². The molecule has 4 nitrogen and oxygen atoms in total. The average molecular weight is 206 g/mol. The fraction of sp³-hybridized carbons (Fsp3) is 0.364. The van der Waals surface area contributed by atoms with Gasteiger partial charge >= 0.3 is 0 Å². The number of hydrogen-bond acceptors (Lipinski definition) is 3. The van der Waals surface area contributed by atoms with Gasteiger partial charge in [-0.2, -0.15) is 0 Å². The standard InChI is InChI=1S/C11H14N2O2/c1-3-10-6-9(4-5-12-10)11(15)13-8(2)7-14/h4-8H,3H2,1-2H3,(H,13,15)/t8-/m0/s1. The Morgan fingerprint density at radius 2 is 2.40 bits per heavy atom. The van der Waals surface area contributed by atoms with Crippen LogP contribution in [0.3, 0.4) is 0 Å². The SMILES string of the molecule is CCc1cc(C(=O)N[C@@H](C)C=O)ccn1. The van der Waals surface area contributed by atoms with E-state index >= 15 is 0 Å². The lowest BCUT2D eigenvalue weighted by Gasteiger charge is -2.07. The second-order valence-electron chi connectivity index (χ2n) is 3.29. The summed E-state index contributed by atoms with van der Waals surface area (Å²) in [4.78, 5) is 26.0. The lowest BCUT2D eigenvalue weighted by molar-refractivity contribution is -0.109. The predicted octanol–water partition coefficient (Wildman–Crippen LogP) is 0.961. The summed E-state index contributed by atoms with van der Waals surface area (Å²) < 4.78 is 0. The van der Waals surface area contributed by atoms with E-state index in [4.69, 9.17) is 0 Å². The van der Waals surface area contributed by atoms with Crippen molar-refractivity contribution in [3.63, 3.8) is 0 Å². The molecular formula is C11H14N2O2. The molecule has 0 fully saturated rings. The minimum Gasteiger partial charge on any atom is -0.343 e. The predicted molar refractivity (Wildman–Crippen MR) is 56.6 cm³/mol. The molecule has 15 heavy (non-hydrogen) atoms. The van der Waals surface area contributed by atoms with Gasteiger partial charge in [0, 0.05) is 17.5 Å². The van der Waals surface area contributed by atoms with Gasteiger partial charge in [0.15, 0.2) is 0 Å². The molecule has 0 aliphatic carbocycles. The Morgan fingerprint density at radius 1 is 1.67 bits per heavy atom. The first-order valence-electron chi connectivity index (χ1n) is 4.88. The summed E-state index contributed by atoms with van der Waals surface area (Å²) in [5.74, 6) is -0.244. The Balaban J connectivity index is 2.77. The summed E-state index contributed by atoms with van der Waals surface area (Å²) in [6.07, 6.45) is 3.07. The summed E-state index contributed by atoms with van der Waals surface area (Å²) in [6, 6.07) is 2.90. The number of aromatic nitrogens is 1. The van der Waals surface area contributed by atoms with Crippen LogP contribution >= 0.6 is 0 Å². The van der Waals surface area contributed by atoms with Crippen LogP contribution in [0.4, 0.5) is 0 Å². The number of pyridine rings is 1. The van der Waals surface area contributed by atoms with Gasteiger partial charge in [-0.05, 0) is 25.5 Å². The number of amides is 1. The molecule has 0 radical (unpaired) electrons. The molecule has 0 saturated heterocycles. The van der Waals surface area contributed by atoms with Crippen LogP contribution in [0.1, 0.15) is 29.9 Å². The molecule has 1 aromatic rings. The Labute approximate surface area is 88.7 Å². The van der Waals surface area contributed by atoms with E-state index in [1.54, 1.807) is 25.3 Å². The Morgan fingerprint density at radius 3 is 3.00 bits per heavy atom. The third-order valence-corrected chi connectivity index (χ3v) is 2.00. The summed E-state index contributed by atoms with van der Waals surface area (Å²) in [5, 5.41) is 2.56. The summed E-state index contributed by atoms with van der Waals surface area (Å²) >= 11 is 0. The maximum absolute atomic E-state index is 11.6. The van der Waals surface area contributed by atoms with Crippen molar-refractivity contribution in [1.82, 2.24) is 10.3 Å². The smallest absolute Gasteiger partial charge is 0.251 e. The molecule has 1 N–H and O–H groups in total. The minimum atomic E-state index is -0.462. The second-order valence-corrected chi connectivity index (χ2v) is 3.29. The third-order valence-electron chi connectivity index (χ3n) is 2.00. The van der Waals surface area contributed by atoms with Crippen molar-refractivity contribution in [2.75, 3.05) is 0 Å². The van der Waals surface area contributed by atoms with Gasteiger partial charge in [0.25, 0.3) is 5.91 Å². The fourth-order valence-corrected chi connectivity index (χ4v) is 1.14. The highest BCUT2D eigenvalue weighted by Crippen LogP contribution is 2.02. The quantitative estimate of drug-likeness (QED) is 0.746. The van der Waals surface area contributed by atoms with E-state index in [1.165, 1.54) is 0 Å². The number of nitrogens with zero attached hydrogens (tertiary/aromatic N) is 1. The van der Waals surface area contributed by atoms with Crippen molar-refractivity contribution in [1.29, 1.82) is 0 Å². The molecule has 0 aliphatic heterocycles. The first-order valence-corrected chi connectivity index (χ1v) is 4.88. The molecule has 4 heteroatoms.